The van der Waals surface area contributed by atoms with Gasteiger partial charge < -0.3 is 15.3 Å². The second-order valence-electron chi connectivity index (χ2n) is 8.40. The van der Waals surface area contributed by atoms with Gasteiger partial charge in [0, 0.05) is 43.7 Å². The molecule has 1 aliphatic carbocycles. The molecular weight excluding hydrogens is 439 g/mol. The minimum Gasteiger partial charge on any atom is -0.389 e. The Morgan fingerprint density at radius 2 is 1.40 bits per heavy atom. The molecule has 1 unspecified atom stereocenters. The second kappa shape index (κ2) is 11.7. The minimum atomic E-state index is -0.578. The number of nitrogens with one attached hydrogen (secondary N) is 1. The number of piperazine rings is 1. The summed E-state index contributed by atoms with van der Waals surface area (Å²) < 4.78 is 0. The normalized spacial score (nSPS) is 19.9. The Morgan fingerprint density at radius 3 is 1.97 bits per heavy atom. The van der Waals surface area contributed by atoms with E-state index in [0.29, 0.717) is 0 Å². The third-order valence-electron chi connectivity index (χ3n) is 6.51. The number of nitrogens with zero attached hydrogens (tertiary/aromatic N) is 1. The second-order valence-corrected chi connectivity index (χ2v) is 8.83. The summed E-state index contributed by atoms with van der Waals surface area (Å²) in [6, 6.07) is 16.8. The first kappa shape index (κ1) is 25.5. The van der Waals surface area contributed by atoms with E-state index in [-0.39, 0.29) is 30.7 Å². The predicted molar refractivity (Wildman–Crippen MR) is 131 cm³/mol. The fourth-order valence-corrected chi connectivity index (χ4v) is 4.93. The van der Waals surface area contributed by atoms with Gasteiger partial charge in [-0.05, 0) is 41.7 Å². The van der Waals surface area contributed by atoms with Crippen LogP contribution in [-0.2, 0) is 0 Å². The Labute approximate surface area is 198 Å². The molecule has 1 heterocycles. The van der Waals surface area contributed by atoms with Crippen LogP contribution >= 0.6 is 36.4 Å². The van der Waals surface area contributed by atoms with Gasteiger partial charge in [-0.1, -0.05) is 67.3 Å². The van der Waals surface area contributed by atoms with E-state index < -0.39 is 5.60 Å². The Kier molecular flexibility index (Phi) is 9.93. The molecule has 2 aromatic carbocycles. The highest BCUT2D eigenvalue weighted by Crippen LogP contribution is 2.41. The van der Waals surface area contributed by atoms with Crippen LogP contribution in [0.1, 0.15) is 43.6 Å². The van der Waals surface area contributed by atoms with Crippen molar-refractivity contribution in [1.82, 2.24) is 10.2 Å². The molecular formula is C24H33Cl3N2O. The summed E-state index contributed by atoms with van der Waals surface area (Å²) in [5.74, 6) is 0.171. The summed E-state index contributed by atoms with van der Waals surface area (Å²) in [5.41, 5.74) is 3.05. The number of hydrogen-bond acceptors (Lipinski definition) is 3. The van der Waals surface area contributed by atoms with Crippen LogP contribution in [0.25, 0.3) is 11.1 Å². The van der Waals surface area contributed by atoms with E-state index in [4.69, 9.17) is 11.6 Å². The van der Waals surface area contributed by atoms with Crippen molar-refractivity contribution in [2.75, 3.05) is 32.7 Å². The van der Waals surface area contributed by atoms with E-state index in [1.807, 2.05) is 12.1 Å². The van der Waals surface area contributed by atoms with Gasteiger partial charge in [-0.15, -0.1) is 24.8 Å². The van der Waals surface area contributed by atoms with Gasteiger partial charge in [-0.2, -0.15) is 0 Å². The summed E-state index contributed by atoms with van der Waals surface area (Å²) in [6.45, 7) is 5.16. The van der Waals surface area contributed by atoms with Gasteiger partial charge in [0.15, 0.2) is 0 Å². The van der Waals surface area contributed by atoms with Crippen molar-refractivity contribution in [3.63, 3.8) is 0 Å². The van der Waals surface area contributed by atoms with Crippen molar-refractivity contribution in [2.24, 2.45) is 0 Å². The molecule has 2 N–H and O–H groups in total. The van der Waals surface area contributed by atoms with Crippen molar-refractivity contribution in [3.8, 4) is 11.1 Å². The predicted octanol–water partition coefficient (Wildman–Crippen LogP) is 5.53. The van der Waals surface area contributed by atoms with E-state index in [1.165, 1.54) is 23.1 Å². The molecule has 2 aliphatic rings. The number of benzene rings is 2. The summed E-state index contributed by atoms with van der Waals surface area (Å²) in [6.07, 6.45) is 5.36. The summed E-state index contributed by atoms with van der Waals surface area (Å²) in [5, 5.41) is 15.8. The SMILES string of the molecule is Cl.Cl.OC1(C(CN2CCNCC2)c2ccc(-c3ccc(Cl)cc3)cc2)CCCCC1. The maximum atomic E-state index is 11.6. The molecule has 0 aromatic heterocycles. The molecule has 1 saturated carbocycles. The molecule has 0 spiro atoms. The van der Waals surface area contributed by atoms with Crippen molar-refractivity contribution < 1.29 is 5.11 Å². The van der Waals surface area contributed by atoms with E-state index in [1.54, 1.807) is 0 Å². The first-order valence-electron chi connectivity index (χ1n) is 10.7. The zero-order chi connectivity index (χ0) is 19.4. The fraction of sp³-hybridized carbons (Fsp3) is 0.500. The van der Waals surface area contributed by atoms with Gasteiger partial charge in [0.1, 0.15) is 0 Å². The van der Waals surface area contributed by atoms with Crippen LogP contribution in [0.3, 0.4) is 0 Å². The van der Waals surface area contributed by atoms with Crippen LogP contribution in [0.2, 0.25) is 5.02 Å². The largest absolute Gasteiger partial charge is 0.389 e. The van der Waals surface area contributed by atoms with Crippen LogP contribution in [-0.4, -0.2) is 48.3 Å². The Bertz CT molecular complexity index is 755. The number of rotatable bonds is 5. The molecule has 0 radical (unpaired) electrons. The molecule has 2 fully saturated rings. The van der Waals surface area contributed by atoms with Gasteiger partial charge >= 0.3 is 0 Å². The van der Waals surface area contributed by atoms with Crippen LogP contribution < -0.4 is 5.32 Å². The van der Waals surface area contributed by atoms with Crippen molar-refractivity contribution in [3.05, 3.63) is 59.1 Å². The van der Waals surface area contributed by atoms with Crippen LogP contribution in [0.15, 0.2) is 48.5 Å². The summed E-state index contributed by atoms with van der Waals surface area (Å²) in [7, 11) is 0. The highest BCUT2D eigenvalue weighted by atomic mass is 35.5. The number of halogens is 3. The van der Waals surface area contributed by atoms with Crippen LogP contribution in [0.4, 0.5) is 0 Å². The molecule has 0 bridgehead atoms. The average molecular weight is 472 g/mol. The van der Waals surface area contributed by atoms with Gasteiger partial charge in [0.25, 0.3) is 0 Å². The quantitative estimate of drug-likeness (QED) is 0.601. The highest BCUT2D eigenvalue weighted by molar-refractivity contribution is 6.30. The lowest BCUT2D eigenvalue weighted by atomic mass is 9.72. The third-order valence-corrected chi connectivity index (χ3v) is 6.76. The monoisotopic (exact) mass is 470 g/mol. The van der Waals surface area contributed by atoms with E-state index in [0.717, 1.165) is 63.4 Å². The van der Waals surface area contributed by atoms with Crippen molar-refractivity contribution in [1.29, 1.82) is 0 Å². The van der Waals surface area contributed by atoms with E-state index >= 15 is 0 Å². The fourth-order valence-electron chi connectivity index (χ4n) is 4.80. The molecule has 166 valence electrons. The van der Waals surface area contributed by atoms with Crippen LogP contribution in [0, 0.1) is 0 Å². The molecule has 0 amide bonds. The number of hydrogen-bond donors (Lipinski definition) is 2. The average Bonchev–Trinajstić information content (AvgIpc) is 2.74. The van der Waals surface area contributed by atoms with Gasteiger partial charge in [-0.3, -0.25) is 0 Å². The van der Waals surface area contributed by atoms with Crippen molar-refractivity contribution in [2.45, 2.75) is 43.6 Å². The zero-order valence-electron chi connectivity index (χ0n) is 17.4. The highest BCUT2D eigenvalue weighted by Gasteiger charge is 2.39. The van der Waals surface area contributed by atoms with E-state index in [2.05, 4.69) is 46.6 Å². The van der Waals surface area contributed by atoms with Crippen LogP contribution in [0.5, 0.6) is 0 Å². The van der Waals surface area contributed by atoms with Gasteiger partial charge in [-0.25, -0.2) is 0 Å². The number of aliphatic hydroxyl groups is 1. The molecule has 1 atom stereocenters. The standard InChI is InChI=1S/C24H31ClN2O.2ClH/c25-22-10-8-20(9-11-22)19-4-6-21(7-5-19)23(18-27-16-14-26-15-17-27)24(28)12-2-1-3-13-24;;/h4-11,23,26,28H,1-3,12-18H2;2*1H. The lowest BCUT2D eigenvalue weighted by Gasteiger charge is -2.42. The first-order chi connectivity index (χ1) is 13.6. The molecule has 4 rings (SSSR count). The zero-order valence-corrected chi connectivity index (χ0v) is 19.7. The topological polar surface area (TPSA) is 35.5 Å². The Hall–Kier alpha value is -0.810. The molecule has 30 heavy (non-hydrogen) atoms. The maximum absolute atomic E-state index is 11.6. The minimum absolute atomic E-state index is 0. The third kappa shape index (κ3) is 6.12. The molecule has 3 nitrogen and oxygen atoms in total. The Morgan fingerprint density at radius 1 is 0.867 bits per heavy atom. The summed E-state index contributed by atoms with van der Waals surface area (Å²) >= 11 is 6.02. The molecule has 1 aliphatic heterocycles. The molecule has 1 saturated heterocycles. The molecule has 6 heteroatoms. The van der Waals surface area contributed by atoms with Gasteiger partial charge in [0.05, 0.1) is 5.60 Å². The Balaban J connectivity index is 0.00000160. The van der Waals surface area contributed by atoms with Gasteiger partial charge in [0.2, 0.25) is 0 Å². The molecule has 2 aromatic rings. The maximum Gasteiger partial charge on any atom is 0.0728 e. The van der Waals surface area contributed by atoms with E-state index in [9.17, 15) is 5.11 Å². The smallest absolute Gasteiger partial charge is 0.0728 e. The lowest BCUT2D eigenvalue weighted by Crippen LogP contribution is -2.49. The lowest BCUT2D eigenvalue weighted by molar-refractivity contribution is -0.0316. The first-order valence-corrected chi connectivity index (χ1v) is 11.0. The summed E-state index contributed by atoms with van der Waals surface area (Å²) in [4.78, 5) is 2.51. The van der Waals surface area contributed by atoms with Crippen molar-refractivity contribution >= 4 is 36.4 Å².